The average molecular weight is 305 g/mol. The minimum atomic E-state index is -3.52. The predicted molar refractivity (Wildman–Crippen MR) is 76.0 cm³/mol. The number of anilines is 1. The monoisotopic (exact) mass is 304 g/mol. The molecule has 0 radical (unpaired) electrons. The number of alkyl halides is 1. The number of amides is 1. The molecule has 0 aliphatic heterocycles. The van der Waals surface area contributed by atoms with E-state index in [9.17, 15) is 13.2 Å². The molecule has 0 heterocycles. The van der Waals surface area contributed by atoms with Crippen LogP contribution in [0.5, 0.6) is 0 Å². The molecule has 19 heavy (non-hydrogen) atoms. The van der Waals surface area contributed by atoms with Crippen molar-refractivity contribution >= 4 is 33.2 Å². The van der Waals surface area contributed by atoms with Crippen molar-refractivity contribution in [1.29, 1.82) is 0 Å². The molecular formula is C12H17ClN2O3S. The molecule has 0 fully saturated rings. The van der Waals surface area contributed by atoms with Crippen molar-refractivity contribution in [1.82, 2.24) is 4.31 Å². The Morgan fingerprint density at radius 3 is 2.53 bits per heavy atom. The molecule has 0 aromatic heterocycles. The number of aryl methyl sites for hydroxylation is 1. The third-order valence-electron chi connectivity index (χ3n) is 2.55. The Bertz CT molecular complexity index is 570. The van der Waals surface area contributed by atoms with E-state index >= 15 is 0 Å². The standard InChI is InChI=1S/C12H17ClN2O3S/c1-9-4-5-10(14-12(16)6-7-13)8-11(9)19(17,18)15(2)3/h4-5,8H,6-7H2,1-3H3,(H,14,16). The summed E-state index contributed by atoms with van der Waals surface area (Å²) in [6.45, 7) is 1.71. The number of sulfonamides is 1. The first-order valence-corrected chi connectivity index (χ1v) is 7.65. The molecule has 106 valence electrons. The van der Waals surface area contributed by atoms with Crippen molar-refractivity contribution in [2.75, 3.05) is 25.3 Å². The van der Waals surface area contributed by atoms with Crippen LogP contribution in [0, 0.1) is 6.92 Å². The van der Waals surface area contributed by atoms with Gasteiger partial charge in [-0.15, -0.1) is 11.6 Å². The molecular weight excluding hydrogens is 288 g/mol. The lowest BCUT2D eigenvalue weighted by Gasteiger charge is -2.15. The molecule has 1 N–H and O–H groups in total. The zero-order valence-corrected chi connectivity index (χ0v) is 12.7. The summed E-state index contributed by atoms with van der Waals surface area (Å²) in [6.07, 6.45) is 0.186. The lowest BCUT2D eigenvalue weighted by Crippen LogP contribution is -2.23. The molecule has 0 saturated heterocycles. The Hall–Kier alpha value is -1.11. The van der Waals surface area contributed by atoms with E-state index in [0.29, 0.717) is 11.3 Å². The van der Waals surface area contributed by atoms with Gasteiger partial charge in [0.1, 0.15) is 0 Å². The average Bonchev–Trinajstić information content (AvgIpc) is 2.31. The molecule has 1 aromatic rings. The molecule has 1 amide bonds. The fourth-order valence-corrected chi connectivity index (χ4v) is 2.78. The second-order valence-electron chi connectivity index (χ2n) is 4.25. The van der Waals surface area contributed by atoms with Gasteiger partial charge in [-0.2, -0.15) is 0 Å². The van der Waals surface area contributed by atoms with Crippen molar-refractivity contribution in [2.24, 2.45) is 0 Å². The zero-order chi connectivity index (χ0) is 14.6. The molecule has 0 saturated carbocycles. The zero-order valence-electron chi connectivity index (χ0n) is 11.1. The second kappa shape index (κ2) is 6.36. The van der Waals surface area contributed by atoms with E-state index in [4.69, 9.17) is 11.6 Å². The van der Waals surface area contributed by atoms with E-state index in [1.165, 1.54) is 20.2 Å². The highest BCUT2D eigenvalue weighted by molar-refractivity contribution is 7.89. The molecule has 0 aliphatic rings. The Kier molecular flexibility index (Phi) is 5.34. The lowest BCUT2D eigenvalue weighted by atomic mass is 10.2. The quantitative estimate of drug-likeness (QED) is 0.844. The number of carbonyl (C=O) groups excluding carboxylic acids is 1. The topological polar surface area (TPSA) is 66.5 Å². The van der Waals surface area contributed by atoms with Crippen LogP contribution in [0.4, 0.5) is 5.69 Å². The maximum absolute atomic E-state index is 12.1. The molecule has 1 aromatic carbocycles. The van der Waals surface area contributed by atoms with Gasteiger partial charge in [-0.1, -0.05) is 6.07 Å². The number of hydrogen-bond donors (Lipinski definition) is 1. The Morgan fingerprint density at radius 2 is 2.00 bits per heavy atom. The van der Waals surface area contributed by atoms with E-state index in [-0.39, 0.29) is 23.1 Å². The third-order valence-corrected chi connectivity index (χ3v) is 4.70. The number of carbonyl (C=O) groups is 1. The number of rotatable bonds is 5. The van der Waals surface area contributed by atoms with Gasteiger partial charge >= 0.3 is 0 Å². The summed E-state index contributed by atoms with van der Waals surface area (Å²) in [4.78, 5) is 11.6. The fraction of sp³-hybridized carbons (Fsp3) is 0.417. The Balaban J connectivity index is 3.12. The molecule has 0 aliphatic carbocycles. The SMILES string of the molecule is Cc1ccc(NC(=O)CCCl)cc1S(=O)(=O)N(C)C. The number of nitrogens with one attached hydrogen (secondary N) is 1. The van der Waals surface area contributed by atoms with E-state index in [1.807, 2.05) is 0 Å². The first-order chi connectivity index (χ1) is 8.78. The predicted octanol–water partition coefficient (Wildman–Crippen LogP) is 1.81. The summed E-state index contributed by atoms with van der Waals surface area (Å²) >= 11 is 5.47. The molecule has 0 bridgehead atoms. The van der Waals surface area contributed by atoms with Crippen molar-refractivity contribution < 1.29 is 13.2 Å². The van der Waals surface area contributed by atoms with Gasteiger partial charge in [-0.25, -0.2) is 12.7 Å². The minimum absolute atomic E-state index is 0.182. The first-order valence-electron chi connectivity index (χ1n) is 5.68. The third kappa shape index (κ3) is 3.92. The van der Waals surface area contributed by atoms with Crippen LogP contribution in [-0.4, -0.2) is 38.6 Å². The van der Waals surface area contributed by atoms with Crippen molar-refractivity contribution in [2.45, 2.75) is 18.2 Å². The molecule has 0 spiro atoms. The van der Waals surface area contributed by atoms with Gasteiger partial charge in [0.05, 0.1) is 4.90 Å². The second-order valence-corrected chi connectivity index (χ2v) is 6.75. The lowest BCUT2D eigenvalue weighted by molar-refractivity contribution is -0.115. The van der Waals surface area contributed by atoms with Crippen LogP contribution in [0.1, 0.15) is 12.0 Å². The van der Waals surface area contributed by atoms with Gasteiger partial charge in [-0.05, 0) is 24.6 Å². The summed E-state index contributed by atoms with van der Waals surface area (Å²) < 4.78 is 25.4. The van der Waals surface area contributed by atoms with Crippen LogP contribution >= 0.6 is 11.6 Å². The number of halogens is 1. The largest absolute Gasteiger partial charge is 0.326 e. The van der Waals surface area contributed by atoms with E-state index in [0.717, 1.165) is 4.31 Å². The summed E-state index contributed by atoms with van der Waals surface area (Å²) in [5, 5.41) is 2.62. The van der Waals surface area contributed by atoms with Crippen LogP contribution in [0.25, 0.3) is 0 Å². The van der Waals surface area contributed by atoms with E-state index < -0.39 is 10.0 Å². The van der Waals surface area contributed by atoms with E-state index in [1.54, 1.807) is 19.1 Å². The molecule has 5 nitrogen and oxygen atoms in total. The van der Waals surface area contributed by atoms with Crippen LogP contribution < -0.4 is 5.32 Å². The fourth-order valence-electron chi connectivity index (χ4n) is 1.46. The van der Waals surface area contributed by atoms with Gasteiger partial charge < -0.3 is 5.32 Å². The smallest absolute Gasteiger partial charge is 0.242 e. The molecule has 7 heteroatoms. The Morgan fingerprint density at radius 1 is 1.37 bits per heavy atom. The van der Waals surface area contributed by atoms with Gasteiger partial charge in [-0.3, -0.25) is 4.79 Å². The van der Waals surface area contributed by atoms with Crippen molar-refractivity contribution in [3.63, 3.8) is 0 Å². The highest BCUT2D eigenvalue weighted by Gasteiger charge is 2.20. The highest BCUT2D eigenvalue weighted by atomic mass is 35.5. The van der Waals surface area contributed by atoms with Gasteiger partial charge in [0.15, 0.2) is 0 Å². The maximum Gasteiger partial charge on any atom is 0.242 e. The van der Waals surface area contributed by atoms with Gasteiger partial charge in [0.25, 0.3) is 0 Å². The van der Waals surface area contributed by atoms with Crippen LogP contribution in [0.15, 0.2) is 23.1 Å². The Labute approximate surface area is 118 Å². The molecule has 0 atom stereocenters. The number of nitrogens with zero attached hydrogens (tertiary/aromatic N) is 1. The van der Waals surface area contributed by atoms with Crippen molar-refractivity contribution in [3.05, 3.63) is 23.8 Å². The van der Waals surface area contributed by atoms with Gasteiger partial charge in [0, 0.05) is 32.1 Å². The minimum Gasteiger partial charge on any atom is -0.326 e. The first kappa shape index (κ1) is 15.9. The maximum atomic E-state index is 12.1. The number of hydrogen-bond acceptors (Lipinski definition) is 3. The summed E-state index contributed by atoms with van der Waals surface area (Å²) in [6, 6.07) is 4.78. The summed E-state index contributed by atoms with van der Waals surface area (Å²) in [5.74, 6) is -0.0207. The van der Waals surface area contributed by atoms with E-state index in [2.05, 4.69) is 5.32 Å². The van der Waals surface area contributed by atoms with Crippen molar-refractivity contribution in [3.8, 4) is 0 Å². The van der Waals surface area contributed by atoms with Crippen LogP contribution in [0.3, 0.4) is 0 Å². The van der Waals surface area contributed by atoms with Crippen LogP contribution in [0.2, 0.25) is 0 Å². The van der Waals surface area contributed by atoms with Crippen LogP contribution in [-0.2, 0) is 14.8 Å². The van der Waals surface area contributed by atoms with Gasteiger partial charge in [0.2, 0.25) is 15.9 Å². The molecule has 0 unspecified atom stereocenters. The highest BCUT2D eigenvalue weighted by Crippen LogP contribution is 2.22. The number of benzene rings is 1. The normalized spacial score (nSPS) is 11.6. The summed E-state index contributed by atoms with van der Waals surface area (Å²) in [7, 11) is -0.591. The molecule has 1 rings (SSSR count). The summed E-state index contributed by atoms with van der Waals surface area (Å²) in [5.41, 5.74) is 1.07.